The lowest BCUT2D eigenvalue weighted by Gasteiger charge is -2.50. The molecule has 3 aliphatic rings. The molecule has 0 aromatic heterocycles. The monoisotopic (exact) mass is 576 g/mol. The van der Waals surface area contributed by atoms with Crippen LogP contribution in [0.3, 0.4) is 0 Å². The molecule has 0 radical (unpaired) electrons. The predicted molar refractivity (Wildman–Crippen MR) is 157 cm³/mol. The number of fused-ring (bicyclic) bond motifs is 3. The predicted octanol–water partition coefficient (Wildman–Crippen LogP) is 2.11. The summed E-state index contributed by atoms with van der Waals surface area (Å²) in [5.41, 5.74) is 5.30. The second kappa shape index (κ2) is 10.2. The van der Waals surface area contributed by atoms with E-state index in [4.69, 9.17) is 5.73 Å². The number of aliphatic hydroxyl groups excluding tert-OH is 2. The molecule has 0 fully saturated rings. The van der Waals surface area contributed by atoms with Crippen molar-refractivity contribution in [3.05, 3.63) is 75.3 Å². The standard InChI is InChI=1S/C31H36N4O7/c1-14-6-8-15(9-7-14)13-33-19-12-20(34(2)3)17-10-16-11-18-24(35(4)5)27(38)23(30(32)41)29(40)31(18,42)28(39)21(16)26(37)22(17)25(19)36/h6-9,12,16,18,24,33,36,38-39,42H,10-11,13H2,1-5H3,(H2,32,41). The molecule has 11 nitrogen and oxygen atoms in total. The molecule has 0 heterocycles. The van der Waals surface area contributed by atoms with Crippen LogP contribution in [0.1, 0.15) is 33.5 Å². The number of amides is 1. The molecule has 7 N–H and O–H groups in total. The molecule has 222 valence electrons. The zero-order valence-corrected chi connectivity index (χ0v) is 24.2. The van der Waals surface area contributed by atoms with E-state index in [-0.39, 0.29) is 29.7 Å². The molecular formula is C31H36N4O7. The van der Waals surface area contributed by atoms with Crippen LogP contribution >= 0.6 is 0 Å². The van der Waals surface area contributed by atoms with Crippen LogP contribution in [0.2, 0.25) is 0 Å². The number of aromatic hydroxyl groups is 1. The summed E-state index contributed by atoms with van der Waals surface area (Å²) in [6.45, 7) is 2.36. The quantitative estimate of drug-likeness (QED) is 0.221. The third-order valence-corrected chi connectivity index (χ3v) is 8.78. The summed E-state index contributed by atoms with van der Waals surface area (Å²) in [4.78, 5) is 43.2. The van der Waals surface area contributed by atoms with Crippen LogP contribution in [0.15, 0.2) is 53.0 Å². The van der Waals surface area contributed by atoms with Crippen molar-refractivity contribution in [2.45, 2.75) is 38.0 Å². The molecule has 0 saturated carbocycles. The topological polar surface area (TPSA) is 177 Å². The van der Waals surface area contributed by atoms with E-state index in [1.165, 1.54) is 4.90 Å². The summed E-state index contributed by atoms with van der Waals surface area (Å²) in [6.07, 6.45) is 0.251. The van der Waals surface area contributed by atoms with Gasteiger partial charge in [0.25, 0.3) is 5.91 Å². The number of anilines is 2. The minimum absolute atomic E-state index is 0.0339. The van der Waals surface area contributed by atoms with Crippen molar-refractivity contribution >= 4 is 28.8 Å². The number of primary amides is 1. The molecule has 2 aromatic carbocycles. The number of rotatable bonds is 6. The number of phenols is 1. The summed E-state index contributed by atoms with van der Waals surface area (Å²) < 4.78 is 0. The highest BCUT2D eigenvalue weighted by Crippen LogP contribution is 2.53. The highest BCUT2D eigenvalue weighted by molar-refractivity contribution is 6.25. The maximum atomic E-state index is 14.1. The van der Waals surface area contributed by atoms with Crippen LogP contribution in [-0.2, 0) is 22.6 Å². The second-order valence-corrected chi connectivity index (χ2v) is 11.8. The van der Waals surface area contributed by atoms with Crippen molar-refractivity contribution in [1.82, 2.24) is 4.90 Å². The Morgan fingerprint density at radius 3 is 2.31 bits per heavy atom. The van der Waals surface area contributed by atoms with E-state index in [9.17, 15) is 34.8 Å². The van der Waals surface area contributed by atoms with Crippen LogP contribution in [0.4, 0.5) is 11.4 Å². The summed E-state index contributed by atoms with van der Waals surface area (Å²) in [5.74, 6) is -6.74. The zero-order valence-electron chi connectivity index (χ0n) is 24.2. The first kappa shape index (κ1) is 29.2. The molecule has 0 bridgehead atoms. The first-order valence-electron chi connectivity index (χ1n) is 13.7. The smallest absolute Gasteiger partial charge is 0.255 e. The Labute approximate surface area is 243 Å². The number of hydrogen-bond acceptors (Lipinski definition) is 10. The number of allylic oxidation sites excluding steroid dienone is 1. The third-order valence-electron chi connectivity index (χ3n) is 8.78. The average molecular weight is 577 g/mol. The number of aliphatic hydroxyl groups is 3. The van der Waals surface area contributed by atoms with Crippen molar-refractivity contribution in [1.29, 1.82) is 0 Å². The Morgan fingerprint density at radius 2 is 1.74 bits per heavy atom. The number of nitrogens with zero attached hydrogens (tertiary/aromatic N) is 2. The van der Waals surface area contributed by atoms with Gasteiger partial charge >= 0.3 is 0 Å². The van der Waals surface area contributed by atoms with Gasteiger partial charge in [-0.3, -0.25) is 19.3 Å². The van der Waals surface area contributed by atoms with Gasteiger partial charge in [0.1, 0.15) is 22.8 Å². The molecule has 4 unspecified atom stereocenters. The van der Waals surface area contributed by atoms with E-state index in [1.54, 1.807) is 20.2 Å². The highest BCUT2D eigenvalue weighted by Gasteiger charge is 2.63. The van der Waals surface area contributed by atoms with Crippen LogP contribution < -0.4 is 16.0 Å². The SMILES string of the molecule is Cc1ccc(CNc2cc(N(C)C)c3c(c2O)C(=O)C2=C(O)C4(O)C(=O)C(C(N)=O)=C(O)C(N(C)C)C4CC2C3)cc1. The van der Waals surface area contributed by atoms with Crippen LogP contribution in [0, 0.1) is 18.8 Å². The van der Waals surface area contributed by atoms with E-state index in [1.807, 2.05) is 50.2 Å². The normalized spacial score (nSPS) is 25.3. The summed E-state index contributed by atoms with van der Waals surface area (Å²) in [6, 6.07) is 8.59. The van der Waals surface area contributed by atoms with Crippen LogP contribution in [-0.4, -0.2) is 82.6 Å². The molecule has 0 aliphatic heterocycles. The number of aryl methyl sites for hydroxylation is 1. The van der Waals surface area contributed by atoms with E-state index in [0.717, 1.165) is 11.1 Å². The fourth-order valence-corrected chi connectivity index (χ4v) is 6.74. The molecule has 42 heavy (non-hydrogen) atoms. The fourth-order valence-electron chi connectivity index (χ4n) is 6.74. The van der Waals surface area contributed by atoms with Crippen molar-refractivity contribution in [3.8, 4) is 5.75 Å². The molecule has 2 aromatic rings. The number of likely N-dealkylation sites (N-methyl/N-ethyl adjacent to an activating group) is 1. The number of carbonyl (C=O) groups excluding carboxylic acids is 3. The Balaban J connectivity index is 1.64. The number of nitrogens with one attached hydrogen (secondary N) is 1. The van der Waals surface area contributed by atoms with Crippen molar-refractivity contribution < 1.29 is 34.8 Å². The van der Waals surface area contributed by atoms with E-state index in [2.05, 4.69) is 5.32 Å². The van der Waals surface area contributed by atoms with Crippen LogP contribution in [0.25, 0.3) is 0 Å². The first-order valence-corrected chi connectivity index (χ1v) is 13.7. The number of nitrogens with two attached hydrogens (primary N) is 1. The van der Waals surface area contributed by atoms with Gasteiger partial charge in [-0.1, -0.05) is 29.8 Å². The minimum Gasteiger partial charge on any atom is -0.510 e. The fraction of sp³-hybridized carbons (Fsp3) is 0.387. The largest absolute Gasteiger partial charge is 0.510 e. The van der Waals surface area contributed by atoms with E-state index >= 15 is 0 Å². The van der Waals surface area contributed by atoms with Crippen molar-refractivity contribution in [3.63, 3.8) is 0 Å². The molecule has 0 spiro atoms. The molecule has 4 atom stereocenters. The number of ketones is 2. The molecule has 3 aliphatic carbocycles. The van der Waals surface area contributed by atoms with Gasteiger partial charge in [0.05, 0.1) is 17.3 Å². The Hall–Kier alpha value is -4.35. The highest BCUT2D eigenvalue weighted by atomic mass is 16.3. The molecule has 5 rings (SSSR count). The van der Waals surface area contributed by atoms with Crippen molar-refractivity contribution in [2.75, 3.05) is 38.4 Å². The first-order chi connectivity index (χ1) is 19.7. The Morgan fingerprint density at radius 1 is 1.10 bits per heavy atom. The minimum atomic E-state index is -2.67. The number of benzene rings is 2. The van der Waals surface area contributed by atoms with Gasteiger partial charge in [-0.2, -0.15) is 0 Å². The van der Waals surface area contributed by atoms with Gasteiger partial charge in [-0.15, -0.1) is 0 Å². The van der Waals surface area contributed by atoms with E-state index < -0.39 is 58.0 Å². The van der Waals surface area contributed by atoms with Gasteiger partial charge in [-0.25, -0.2) is 0 Å². The molecule has 0 saturated heterocycles. The number of phenolic OH excluding ortho intramolecular Hbond substituents is 1. The lowest BCUT2D eigenvalue weighted by molar-refractivity contribution is -0.148. The average Bonchev–Trinajstić information content (AvgIpc) is 2.90. The maximum Gasteiger partial charge on any atom is 0.255 e. The summed E-state index contributed by atoms with van der Waals surface area (Å²) in [7, 11) is 6.83. The Kier molecular flexibility index (Phi) is 7.06. The van der Waals surface area contributed by atoms with Gasteiger partial charge < -0.3 is 36.4 Å². The lowest BCUT2D eigenvalue weighted by Crippen LogP contribution is -2.63. The molecular weight excluding hydrogens is 540 g/mol. The molecule has 11 heteroatoms. The summed E-state index contributed by atoms with van der Waals surface area (Å²) in [5, 5.41) is 48.8. The van der Waals surface area contributed by atoms with Gasteiger partial charge in [0, 0.05) is 37.8 Å². The number of carbonyl (C=O) groups is 3. The number of Topliss-reactive ketones (excluding diaryl/α,β-unsaturated/α-hetero) is 2. The van der Waals surface area contributed by atoms with Crippen LogP contribution in [0.5, 0.6) is 5.75 Å². The number of hydrogen-bond donors (Lipinski definition) is 6. The van der Waals surface area contributed by atoms with Gasteiger partial charge in [0.15, 0.2) is 11.4 Å². The van der Waals surface area contributed by atoms with E-state index in [0.29, 0.717) is 23.5 Å². The van der Waals surface area contributed by atoms with Crippen molar-refractivity contribution in [2.24, 2.45) is 17.6 Å². The third kappa shape index (κ3) is 4.23. The zero-order chi connectivity index (χ0) is 30.8. The van der Waals surface area contributed by atoms with Gasteiger partial charge in [0.2, 0.25) is 5.78 Å². The lowest BCUT2D eigenvalue weighted by atomic mass is 9.58. The molecule has 1 amide bonds. The second-order valence-electron chi connectivity index (χ2n) is 11.8. The summed E-state index contributed by atoms with van der Waals surface area (Å²) >= 11 is 0. The van der Waals surface area contributed by atoms with Gasteiger partial charge in [-0.05, 0) is 57.0 Å². The Bertz CT molecular complexity index is 1570. The maximum absolute atomic E-state index is 14.1.